The zero-order valence-electron chi connectivity index (χ0n) is 13.5. The van der Waals surface area contributed by atoms with Gasteiger partial charge in [0, 0.05) is 26.4 Å². The molecule has 0 saturated heterocycles. The topological polar surface area (TPSA) is 57.2 Å². The molecule has 0 atom stereocenters. The van der Waals surface area contributed by atoms with E-state index in [2.05, 4.69) is 11.8 Å². The van der Waals surface area contributed by atoms with Gasteiger partial charge >= 0.3 is 0 Å². The number of aliphatic hydroxyl groups is 1. The summed E-state index contributed by atoms with van der Waals surface area (Å²) in [4.78, 5) is 0. The second-order valence-corrected chi connectivity index (χ2v) is 4.59. The third-order valence-electron chi connectivity index (χ3n) is 2.21. The molecule has 5 nitrogen and oxygen atoms in total. The molecule has 0 aliphatic carbocycles. The number of hydrogen-bond donors (Lipinski definition) is 1. The molecule has 0 aromatic rings. The average molecular weight is 288 g/mol. The van der Waals surface area contributed by atoms with Crippen LogP contribution in [0.5, 0.6) is 0 Å². The van der Waals surface area contributed by atoms with Crippen LogP contribution in [0, 0.1) is 11.8 Å². The first kappa shape index (κ1) is 19.4. The lowest BCUT2D eigenvalue weighted by atomic mass is 10.1. The number of ether oxygens (including phenoxy) is 4. The van der Waals surface area contributed by atoms with Crippen molar-refractivity contribution in [2.24, 2.45) is 0 Å². The fourth-order valence-electron chi connectivity index (χ4n) is 1.55. The highest BCUT2D eigenvalue weighted by Gasteiger charge is 2.42. The van der Waals surface area contributed by atoms with Crippen molar-refractivity contribution >= 4 is 0 Å². The Kier molecular flexibility index (Phi) is 9.03. The Labute approximate surface area is 122 Å². The summed E-state index contributed by atoms with van der Waals surface area (Å²) in [6.07, 6.45) is -0.771. The normalized spacial score (nSPS) is 12.4. The third-order valence-corrected chi connectivity index (χ3v) is 2.21. The smallest absolute Gasteiger partial charge is 0.286 e. The highest BCUT2D eigenvalue weighted by molar-refractivity contribution is 5.18. The van der Waals surface area contributed by atoms with Gasteiger partial charge in [-0.3, -0.25) is 0 Å². The van der Waals surface area contributed by atoms with E-state index >= 15 is 0 Å². The maximum Gasteiger partial charge on any atom is 0.286 e. The van der Waals surface area contributed by atoms with Crippen LogP contribution in [0.4, 0.5) is 0 Å². The third kappa shape index (κ3) is 6.69. The van der Waals surface area contributed by atoms with Crippen LogP contribution < -0.4 is 0 Å². The van der Waals surface area contributed by atoms with Crippen LogP contribution in [-0.2, 0) is 18.9 Å². The molecule has 118 valence electrons. The van der Waals surface area contributed by atoms with Crippen LogP contribution in [0.1, 0.15) is 41.5 Å². The Balaban J connectivity index is 5.49. The van der Waals surface area contributed by atoms with Crippen LogP contribution in [0.3, 0.4) is 0 Å². The summed E-state index contributed by atoms with van der Waals surface area (Å²) in [5, 5.41) is 9.79. The van der Waals surface area contributed by atoms with Crippen LogP contribution >= 0.6 is 0 Å². The Morgan fingerprint density at radius 2 is 1.30 bits per heavy atom. The molecule has 5 heteroatoms. The molecule has 0 bridgehead atoms. The van der Waals surface area contributed by atoms with Crippen LogP contribution in [0.25, 0.3) is 0 Å². The molecular formula is C15H28O5. The van der Waals surface area contributed by atoms with Crippen LogP contribution in [0.2, 0.25) is 0 Å². The molecule has 0 saturated carbocycles. The van der Waals surface area contributed by atoms with Gasteiger partial charge < -0.3 is 24.1 Å². The van der Waals surface area contributed by atoms with Crippen molar-refractivity contribution in [2.45, 2.75) is 59.2 Å². The van der Waals surface area contributed by atoms with E-state index in [4.69, 9.17) is 18.9 Å². The van der Waals surface area contributed by atoms with Gasteiger partial charge in [0.2, 0.25) is 6.29 Å². The quantitative estimate of drug-likeness (QED) is 0.519. The molecule has 0 aromatic heterocycles. The van der Waals surface area contributed by atoms with Gasteiger partial charge in [-0.1, -0.05) is 5.92 Å². The van der Waals surface area contributed by atoms with Gasteiger partial charge in [-0.2, -0.15) is 0 Å². The molecule has 0 spiro atoms. The van der Waals surface area contributed by atoms with Gasteiger partial charge in [-0.15, -0.1) is 0 Å². The first-order valence-corrected chi connectivity index (χ1v) is 7.13. The van der Waals surface area contributed by atoms with E-state index in [1.165, 1.54) is 0 Å². The Hall–Kier alpha value is -0.640. The van der Waals surface area contributed by atoms with Crippen molar-refractivity contribution in [3.63, 3.8) is 0 Å². The van der Waals surface area contributed by atoms with E-state index in [1.54, 1.807) is 13.8 Å². The molecule has 0 heterocycles. The van der Waals surface area contributed by atoms with E-state index in [0.717, 1.165) is 0 Å². The van der Waals surface area contributed by atoms with E-state index in [9.17, 15) is 5.11 Å². The van der Waals surface area contributed by atoms with Crippen LogP contribution in [-0.4, -0.2) is 49.2 Å². The van der Waals surface area contributed by atoms with Gasteiger partial charge in [0.15, 0.2) is 0 Å². The van der Waals surface area contributed by atoms with Gasteiger partial charge in [-0.05, 0) is 47.5 Å². The Morgan fingerprint density at radius 1 is 0.850 bits per heavy atom. The zero-order valence-corrected chi connectivity index (χ0v) is 13.5. The molecule has 0 rings (SSSR count). The second-order valence-electron chi connectivity index (χ2n) is 4.59. The first-order valence-electron chi connectivity index (χ1n) is 7.13. The number of rotatable bonds is 9. The monoisotopic (exact) mass is 288 g/mol. The summed E-state index contributed by atoms with van der Waals surface area (Å²) in [5.41, 5.74) is -1.15. The van der Waals surface area contributed by atoms with Crippen molar-refractivity contribution in [2.75, 3.05) is 26.4 Å². The summed E-state index contributed by atoms with van der Waals surface area (Å²) in [6, 6.07) is 0. The average Bonchev–Trinajstić information content (AvgIpc) is 2.35. The fraction of sp³-hybridized carbons (Fsp3) is 0.867. The molecule has 0 fully saturated rings. The lowest BCUT2D eigenvalue weighted by Crippen LogP contribution is -2.50. The highest BCUT2D eigenvalue weighted by atomic mass is 16.8. The van der Waals surface area contributed by atoms with Gasteiger partial charge in [0.1, 0.15) is 5.60 Å². The molecule has 0 unspecified atom stereocenters. The molecule has 0 aliphatic heterocycles. The van der Waals surface area contributed by atoms with Crippen molar-refractivity contribution in [3.8, 4) is 11.8 Å². The van der Waals surface area contributed by atoms with E-state index < -0.39 is 17.7 Å². The molecule has 1 N–H and O–H groups in total. The maximum absolute atomic E-state index is 9.79. The largest absolute Gasteiger partial charge is 0.378 e. The van der Waals surface area contributed by atoms with E-state index in [-0.39, 0.29) is 0 Å². The molecule has 20 heavy (non-hydrogen) atoms. The Bertz CT molecular complexity index is 298. The SMILES string of the molecule is CCOC(OCC)C(C#CC(C)(C)O)(OCC)OCC. The minimum atomic E-state index is -1.34. The predicted molar refractivity (Wildman–Crippen MR) is 77.1 cm³/mol. The Morgan fingerprint density at radius 3 is 1.60 bits per heavy atom. The summed E-state index contributed by atoms with van der Waals surface area (Å²) in [7, 11) is 0. The molecule has 0 aromatic carbocycles. The van der Waals surface area contributed by atoms with Gasteiger partial charge in [0.05, 0.1) is 0 Å². The van der Waals surface area contributed by atoms with E-state index in [1.807, 2.05) is 27.7 Å². The zero-order chi connectivity index (χ0) is 15.6. The van der Waals surface area contributed by atoms with Crippen molar-refractivity contribution < 1.29 is 24.1 Å². The molecule has 0 aliphatic rings. The molecule has 0 amide bonds. The fourth-order valence-corrected chi connectivity index (χ4v) is 1.55. The first-order chi connectivity index (χ1) is 9.35. The molecule has 0 radical (unpaired) electrons. The van der Waals surface area contributed by atoms with E-state index in [0.29, 0.717) is 26.4 Å². The maximum atomic E-state index is 9.79. The lowest BCUT2D eigenvalue weighted by Gasteiger charge is -2.34. The predicted octanol–water partition coefficient (Wildman–Crippen LogP) is 1.93. The minimum Gasteiger partial charge on any atom is -0.378 e. The summed E-state index contributed by atoms with van der Waals surface area (Å²) in [5.74, 6) is 4.24. The summed E-state index contributed by atoms with van der Waals surface area (Å²) < 4.78 is 22.5. The van der Waals surface area contributed by atoms with Gasteiger partial charge in [0.25, 0.3) is 5.79 Å². The minimum absolute atomic E-state index is 0.386. The molecular weight excluding hydrogens is 260 g/mol. The van der Waals surface area contributed by atoms with Gasteiger partial charge in [-0.25, -0.2) is 0 Å². The van der Waals surface area contributed by atoms with Crippen molar-refractivity contribution in [1.29, 1.82) is 0 Å². The summed E-state index contributed by atoms with van der Waals surface area (Å²) >= 11 is 0. The van der Waals surface area contributed by atoms with Crippen molar-refractivity contribution in [3.05, 3.63) is 0 Å². The summed E-state index contributed by atoms with van der Waals surface area (Å²) in [6.45, 7) is 12.2. The van der Waals surface area contributed by atoms with Crippen molar-refractivity contribution in [1.82, 2.24) is 0 Å². The standard InChI is InChI=1S/C15H28O5/c1-7-17-13(18-8-2)15(19-9-3,20-10-4)12-11-14(5,6)16/h13,16H,7-10H2,1-6H3. The van der Waals surface area contributed by atoms with Crippen LogP contribution in [0.15, 0.2) is 0 Å². The number of hydrogen-bond acceptors (Lipinski definition) is 5. The highest BCUT2D eigenvalue weighted by Crippen LogP contribution is 2.23. The lowest BCUT2D eigenvalue weighted by molar-refractivity contribution is -0.321. The second kappa shape index (κ2) is 9.32.